The van der Waals surface area contributed by atoms with Gasteiger partial charge in [0, 0.05) is 12.4 Å². The molecule has 0 atom stereocenters. The Labute approximate surface area is 103 Å². The SMILES string of the molecule is CC=N/C=C(\C=C\CCC)C1(C(=O)OC)CC1. The fraction of sp³-hybridized carbons (Fsp3) is 0.571. The highest BCUT2D eigenvalue weighted by Gasteiger charge is 2.53. The standard InChI is InChI=1S/C14H21NO2/c1-4-6-7-8-12(11-15-5-2)14(9-10-14)13(16)17-3/h5,7-8,11H,4,6,9-10H2,1-3H3/b8-7+,12-11+,15-5?. The van der Waals surface area contributed by atoms with Crippen molar-refractivity contribution >= 4 is 12.2 Å². The summed E-state index contributed by atoms with van der Waals surface area (Å²) in [4.78, 5) is 15.9. The van der Waals surface area contributed by atoms with Crippen LogP contribution in [0.1, 0.15) is 39.5 Å². The highest BCUT2D eigenvalue weighted by molar-refractivity contribution is 5.84. The maximum atomic E-state index is 11.8. The number of unbranched alkanes of at least 4 members (excludes halogenated alkanes) is 1. The van der Waals surface area contributed by atoms with Crippen molar-refractivity contribution < 1.29 is 9.53 Å². The molecule has 1 aliphatic carbocycles. The van der Waals surface area contributed by atoms with E-state index in [0.717, 1.165) is 31.3 Å². The number of carbonyl (C=O) groups excluding carboxylic acids is 1. The van der Waals surface area contributed by atoms with Crippen LogP contribution in [0.5, 0.6) is 0 Å². The minimum Gasteiger partial charge on any atom is -0.468 e. The van der Waals surface area contributed by atoms with Gasteiger partial charge in [-0.2, -0.15) is 0 Å². The van der Waals surface area contributed by atoms with Crippen LogP contribution in [0.4, 0.5) is 0 Å². The van der Waals surface area contributed by atoms with Gasteiger partial charge >= 0.3 is 5.97 Å². The molecule has 0 bridgehead atoms. The Balaban J connectivity index is 2.87. The molecule has 94 valence electrons. The van der Waals surface area contributed by atoms with Crippen molar-refractivity contribution in [2.75, 3.05) is 7.11 Å². The van der Waals surface area contributed by atoms with Gasteiger partial charge in [-0.05, 0) is 31.8 Å². The first kappa shape index (κ1) is 13.7. The summed E-state index contributed by atoms with van der Waals surface area (Å²) < 4.78 is 4.88. The van der Waals surface area contributed by atoms with Gasteiger partial charge in [0.1, 0.15) is 0 Å². The maximum absolute atomic E-state index is 11.8. The lowest BCUT2D eigenvalue weighted by Gasteiger charge is -2.13. The van der Waals surface area contributed by atoms with Crippen LogP contribution < -0.4 is 0 Å². The summed E-state index contributed by atoms with van der Waals surface area (Å²) >= 11 is 0. The van der Waals surface area contributed by atoms with E-state index < -0.39 is 5.41 Å². The van der Waals surface area contributed by atoms with E-state index in [-0.39, 0.29) is 5.97 Å². The highest BCUT2D eigenvalue weighted by Crippen LogP contribution is 2.53. The fourth-order valence-electron chi connectivity index (χ4n) is 1.79. The molecule has 0 aromatic rings. The number of ether oxygens (including phenoxy) is 1. The van der Waals surface area contributed by atoms with Crippen molar-refractivity contribution in [1.82, 2.24) is 0 Å². The molecule has 0 N–H and O–H groups in total. The van der Waals surface area contributed by atoms with Gasteiger partial charge in [0.25, 0.3) is 0 Å². The maximum Gasteiger partial charge on any atom is 0.316 e. The lowest BCUT2D eigenvalue weighted by atomic mass is 9.96. The molecule has 0 spiro atoms. The number of hydrogen-bond acceptors (Lipinski definition) is 3. The Hall–Kier alpha value is -1.38. The summed E-state index contributed by atoms with van der Waals surface area (Å²) in [5.41, 5.74) is 0.543. The molecular formula is C14H21NO2. The monoisotopic (exact) mass is 235 g/mol. The van der Waals surface area contributed by atoms with Crippen molar-refractivity contribution in [1.29, 1.82) is 0 Å². The molecule has 0 aromatic carbocycles. The molecule has 1 aliphatic rings. The van der Waals surface area contributed by atoms with Gasteiger partial charge in [-0.15, -0.1) is 0 Å². The minimum atomic E-state index is -0.425. The van der Waals surface area contributed by atoms with Gasteiger partial charge in [-0.3, -0.25) is 9.79 Å². The van der Waals surface area contributed by atoms with E-state index in [1.807, 2.05) is 13.0 Å². The number of esters is 1. The molecule has 3 heteroatoms. The molecule has 0 heterocycles. The number of nitrogens with zero attached hydrogens (tertiary/aromatic N) is 1. The van der Waals surface area contributed by atoms with Crippen LogP contribution in [-0.4, -0.2) is 19.3 Å². The first-order valence-corrected chi connectivity index (χ1v) is 6.14. The Bertz CT molecular complexity index is 349. The van der Waals surface area contributed by atoms with Crippen LogP contribution in [0.15, 0.2) is 28.9 Å². The molecule has 1 saturated carbocycles. The van der Waals surface area contributed by atoms with E-state index in [9.17, 15) is 4.79 Å². The number of carbonyl (C=O) groups is 1. The predicted molar refractivity (Wildman–Crippen MR) is 70.0 cm³/mol. The summed E-state index contributed by atoms with van der Waals surface area (Å²) in [6, 6.07) is 0. The minimum absolute atomic E-state index is 0.142. The molecule has 17 heavy (non-hydrogen) atoms. The third-order valence-corrected chi connectivity index (χ3v) is 2.99. The molecule has 0 saturated heterocycles. The zero-order valence-electron chi connectivity index (χ0n) is 10.9. The first-order chi connectivity index (χ1) is 8.21. The number of aliphatic imine (C=N–C) groups is 1. The lowest BCUT2D eigenvalue weighted by Crippen LogP contribution is -2.19. The third kappa shape index (κ3) is 3.29. The second-order valence-corrected chi connectivity index (χ2v) is 4.26. The third-order valence-electron chi connectivity index (χ3n) is 2.99. The number of hydrogen-bond donors (Lipinski definition) is 0. The predicted octanol–water partition coefficient (Wildman–Crippen LogP) is 3.27. The molecule has 0 aliphatic heterocycles. The summed E-state index contributed by atoms with van der Waals surface area (Å²) in [5, 5.41) is 0. The van der Waals surface area contributed by atoms with Crippen LogP contribution in [0.2, 0.25) is 0 Å². The summed E-state index contributed by atoms with van der Waals surface area (Å²) in [7, 11) is 1.44. The Morgan fingerprint density at radius 2 is 2.18 bits per heavy atom. The van der Waals surface area contributed by atoms with E-state index >= 15 is 0 Å². The van der Waals surface area contributed by atoms with Crippen LogP contribution in [0.3, 0.4) is 0 Å². The molecule has 3 nitrogen and oxygen atoms in total. The second-order valence-electron chi connectivity index (χ2n) is 4.26. The molecule has 1 rings (SSSR count). The van der Waals surface area contributed by atoms with Gasteiger partial charge in [-0.25, -0.2) is 0 Å². The van der Waals surface area contributed by atoms with Gasteiger partial charge in [-0.1, -0.05) is 25.5 Å². The van der Waals surface area contributed by atoms with Crippen molar-refractivity contribution in [3.63, 3.8) is 0 Å². The van der Waals surface area contributed by atoms with Crippen molar-refractivity contribution in [3.8, 4) is 0 Å². The van der Waals surface area contributed by atoms with Gasteiger partial charge < -0.3 is 4.74 Å². The van der Waals surface area contributed by atoms with Gasteiger partial charge in [0.2, 0.25) is 0 Å². The van der Waals surface area contributed by atoms with Crippen LogP contribution >= 0.6 is 0 Å². The van der Waals surface area contributed by atoms with Crippen molar-refractivity contribution in [3.05, 3.63) is 23.9 Å². The normalized spacial score (nSPS) is 18.9. The molecule has 1 fully saturated rings. The van der Waals surface area contributed by atoms with E-state index in [0.29, 0.717) is 0 Å². The van der Waals surface area contributed by atoms with Gasteiger partial charge in [0.15, 0.2) is 0 Å². The average Bonchev–Trinajstić information content (AvgIpc) is 3.14. The quantitative estimate of drug-likeness (QED) is 0.402. The van der Waals surface area contributed by atoms with E-state index in [4.69, 9.17) is 4.74 Å². The van der Waals surface area contributed by atoms with Crippen molar-refractivity contribution in [2.45, 2.75) is 39.5 Å². The Morgan fingerprint density at radius 1 is 1.47 bits per heavy atom. The Kier molecular flexibility index (Phi) is 5.13. The van der Waals surface area contributed by atoms with E-state index in [1.54, 1.807) is 12.4 Å². The fourth-order valence-corrected chi connectivity index (χ4v) is 1.79. The topological polar surface area (TPSA) is 38.7 Å². The van der Waals surface area contributed by atoms with Crippen LogP contribution in [-0.2, 0) is 9.53 Å². The largest absolute Gasteiger partial charge is 0.468 e. The summed E-state index contributed by atoms with van der Waals surface area (Å²) in [6.07, 6.45) is 11.5. The summed E-state index contributed by atoms with van der Waals surface area (Å²) in [5.74, 6) is -0.142. The lowest BCUT2D eigenvalue weighted by molar-refractivity contribution is -0.145. The average molecular weight is 235 g/mol. The molecule has 0 aromatic heterocycles. The second kappa shape index (κ2) is 6.38. The van der Waals surface area contributed by atoms with Crippen LogP contribution in [0, 0.1) is 5.41 Å². The molecule has 0 unspecified atom stereocenters. The van der Waals surface area contributed by atoms with Crippen molar-refractivity contribution in [2.24, 2.45) is 10.4 Å². The van der Waals surface area contributed by atoms with E-state index in [1.165, 1.54) is 7.11 Å². The first-order valence-electron chi connectivity index (χ1n) is 6.14. The molecule has 0 radical (unpaired) electrons. The van der Waals surface area contributed by atoms with Crippen LogP contribution in [0.25, 0.3) is 0 Å². The zero-order chi connectivity index (χ0) is 12.7. The molecule has 0 amide bonds. The number of allylic oxidation sites excluding steroid dienone is 2. The number of rotatable bonds is 6. The van der Waals surface area contributed by atoms with E-state index in [2.05, 4.69) is 18.0 Å². The molecular weight excluding hydrogens is 214 g/mol. The Morgan fingerprint density at radius 3 is 2.65 bits per heavy atom. The smallest absolute Gasteiger partial charge is 0.316 e. The zero-order valence-corrected chi connectivity index (χ0v) is 10.9. The number of methoxy groups -OCH3 is 1. The highest BCUT2D eigenvalue weighted by atomic mass is 16.5. The van der Waals surface area contributed by atoms with Gasteiger partial charge in [0.05, 0.1) is 12.5 Å². The summed E-state index contributed by atoms with van der Waals surface area (Å²) in [6.45, 7) is 3.99.